The van der Waals surface area contributed by atoms with E-state index < -0.39 is 0 Å². The number of thiophene rings is 1. The molecule has 1 aromatic heterocycles. The number of nitrogens with one attached hydrogen (secondary N) is 1. The summed E-state index contributed by atoms with van der Waals surface area (Å²) in [6, 6.07) is 13.0. The first-order chi connectivity index (χ1) is 13.1. The van der Waals surface area contributed by atoms with Gasteiger partial charge in [0, 0.05) is 28.2 Å². The molecule has 27 heavy (non-hydrogen) atoms. The van der Waals surface area contributed by atoms with Gasteiger partial charge >= 0.3 is 0 Å². The third-order valence-corrected chi connectivity index (χ3v) is 5.89. The normalized spacial score (nSPS) is 15.8. The Morgan fingerprint density at radius 3 is 2.59 bits per heavy atom. The summed E-state index contributed by atoms with van der Waals surface area (Å²) < 4.78 is 10.5. The third-order valence-electron chi connectivity index (χ3n) is 4.80. The number of hydrogen-bond donors (Lipinski definition) is 2. The molecule has 2 heterocycles. The number of ether oxygens (including phenoxy) is 2. The lowest BCUT2D eigenvalue weighted by Gasteiger charge is -2.24. The lowest BCUT2D eigenvalue weighted by atomic mass is 9.89. The molecular formula is C21H19NO4S. The highest BCUT2D eigenvalue weighted by atomic mass is 32.1. The Hall–Kier alpha value is -2.99. The van der Waals surface area contributed by atoms with Gasteiger partial charge in [-0.2, -0.15) is 0 Å². The van der Waals surface area contributed by atoms with E-state index in [2.05, 4.69) is 10.7 Å². The Kier molecular flexibility index (Phi) is 4.49. The van der Waals surface area contributed by atoms with Crippen LogP contribution >= 0.6 is 11.3 Å². The number of rotatable bonds is 4. The first-order valence-electron chi connectivity index (χ1n) is 8.53. The zero-order chi connectivity index (χ0) is 19.0. The standard InChI is InChI=1S/C21H19NO4S/c1-25-14-6-3-12(4-7-14)16-11-27-21-15(10-19(24)22-20(16)21)13-5-8-17(23)18(9-13)26-2/h3-9,11,15,23H,10H2,1-2H3,(H,22,24)/t15-/m0/s1. The van der Waals surface area contributed by atoms with Crippen molar-refractivity contribution in [2.24, 2.45) is 0 Å². The van der Waals surface area contributed by atoms with Gasteiger partial charge in [-0.1, -0.05) is 18.2 Å². The van der Waals surface area contributed by atoms with Gasteiger partial charge in [0.25, 0.3) is 0 Å². The first-order valence-corrected chi connectivity index (χ1v) is 9.41. The minimum atomic E-state index is -0.0692. The SMILES string of the molecule is COc1ccc(-c2csc3c2NC(=O)C[C@H]3c2ccc(O)c(OC)c2)cc1. The van der Waals surface area contributed by atoms with E-state index in [1.54, 1.807) is 30.6 Å². The summed E-state index contributed by atoms with van der Waals surface area (Å²) in [7, 11) is 3.16. The van der Waals surface area contributed by atoms with Crippen LogP contribution in [0.1, 0.15) is 22.8 Å². The fourth-order valence-corrected chi connectivity index (χ4v) is 4.55. The molecule has 6 heteroatoms. The van der Waals surface area contributed by atoms with Crippen LogP contribution < -0.4 is 14.8 Å². The van der Waals surface area contributed by atoms with Gasteiger partial charge in [0.2, 0.25) is 5.91 Å². The van der Waals surface area contributed by atoms with Gasteiger partial charge in [0.05, 0.1) is 19.9 Å². The van der Waals surface area contributed by atoms with E-state index in [-0.39, 0.29) is 17.6 Å². The van der Waals surface area contributed by atoms with Crippen LogP contribution in [0.15, 0.2) is 47.8 Å². The molecule has 1 aliphatic heterocycles. The molecule has 0 saturated heterocycles. The number of fused-ring (bicyclic) bond motifs is 1. The number of phenols is 1. The average molecular weight is 381 g/mol. The third kappa shape index (κ3) is 3.13. The molecule has 1 aliphatic rings. The van der Waals surface area contributed by atoms with E-state index in [0.29, 0.717) is 12.2 Å². The number of hydrogen-bond acceptors (Lipinski definition) is 5. The van der Waals surface area contributed by atoms with Crippen molar-refractivity contribution in [3.8, 4) is 28.4 Å². The van der Waals surface area contributed by atoms with Gasteiger partial charge < -0.3 is 19.9 Å². The smallest absolute Gasteiger partial charge is 0.225 e. The van der Waals surface area contributed by atoms with Gasteiger partial charge in [0.15, 0.2) is 11.5 Å². The highest BCUT2D eigenvalue weighted by Gasteiger charge is 2.30. The van der Waals surface area contributed by atoms with Crippen LogP contribution in [0.5, 0.6) is 17.2 Å². The zero-order valence-corrected chi connectivity index (χ0v) is 15.8. The molecule has 0 unspecified atom stereocenters. The van der Waals surface area contributed by atoms with Crippen molar-refractivity contribution in [2.75, 3.05) is 19.5 Å². The highest BCUT2D eigenvalue weighted by Crippen LogP contribution is 2.47. The number of benzene rings is 2. The number of methoxy groups -OCH3 is 2. The van der Waals surface area contributed by atoms with Crippen LogP contribution in [0.4, 0.5) is 5.69 Å². The van der Waals surface area contributed by atoms with E-state index in [0.717, 1.165) is 33.0 Å². The second-order valence-corrected chi connectivity index (χ2v) is 7.26. The Balaban J connectivity index is 1.77. The predicted octanol–water partition coefficient (Wildman–Crippen LogP) is 4.61. The molecule has 0 bridgehead atoms. The monoisotopic (exact) mass is 381 g/mol. The van der Waals surface area contributed by atoms with Gasteiger partial charge in [-0.25, -0.2) is 0 Å². The van der Waals surface area contributed by atoms with Crippen molar-refractivity contribution in [1.29, 1.82) is 0 Å². The molecule has 3 aromatic rings. The van der Waals surface area contributed by atoms with Crippen molar-refractivity contribution >= 4 is 22.9 Å². The van der Waals surface area contributed by atoms with Crippen molar-refractivity contribution in [3.63, 3.8) is 0 Å². The molecule has 1 amide bonds. The molecule has 4 rings (SSSR count). The van der Waals surface area contributed by atoms with Crippen LogP contribution in [0.3, 0.4) is 0 Å². The number of anilines is 1. The zero-order valence-electron chi connectivity index (χ0n) is 15.0. The van der Waals surface area contributed by atoms with E-state index in [9.17, 15) is 9.90 Å². The molecular weight excluding hydrogens is 362 g/mol. The molecule has 2 N–H and O–H groups in total. The van der Waals surface area contributed by atoms with E-state index in [1.165, 1.54) is 7.11 Å². The van der Waals surface area contributed by atoms with Crippen LogP contribution in [0, 0.1) is 0 Å². The summed E-state index contributed by atoms with van der Waals surface area (Å²) in [4.78, 5) is 13.5. The summed E-state index contributed by atoms with van der Waals surface area (Å²) in [6.45, 7) is 0. The molecule has 0 saturated carbocycles. The van der Waals surface area contributed by atoms with Crippen molar-refractivity contribution in [1.82, 2.24) is 0 Å². The number of amides is 1. The lowest BCUT2D eigenvalue weighted by Crippen LogP contribution is -2.22. The van der Waals surface area contributed by atoms with Gasteiger partial charge in [0.1, 0.15) is 5.75 Å². The van der Waals surface area contributed by atoms with Gasteiger partial charge in [-0.3, -0.25) is 4.79 Å². The quantitative estimate of drug-likeness (QED) is 0.692. The van der Waals surface area contributed by atoms with E-state index in [4.69, 9.17) is 9.47 Å². The van der Waals surface area contributed by atoms with Crippen LogP contribution in [-0.2, 0) is 4.79 Å². The Morgan fingerprint density at radius 2 is 1.89 bits per heavy atom. The lowest BCUT2D eigenvalue weighted by molar-refractivity contribution is -0.116. The Morgan fingerprint density at radius 1 is 1.11 bits per heavy atom. The number of phenolic OH excluding ortho intramolecular Hbond substituents is 1. The minimum Gasteiger partial charge on any atom is -0.504 e. The number of carbonyl (C=O) groups excluding carboxylic acids is 1. The first kappa shape index (κ1) is 17.4. The Bertz CT molecular complexity index is 994. The fraction of sp³-hybridized carbons (Fsp3) is 0.190. The summed E-state index contributed by atoms with van der Waals surface area (Å²) in [5.41, 5.74) is 3.83. The molecule has 2 aromatic carbocycles. The summed E-state index contributed by atoms with van der Waals surface area (Å²) in [5, 5.41) is 15.0. The largest absolute Gasteiger partial charge is 0.504 e. The summed E-state index contributed by atoms with van der Waals surface area (Å²) in [5.74, 6) is 1.20. The van der Waals surface area contributed by atoms with Gasteiger partial charge in [-0.15, -0.1) is 11.3 Å². The summed E-state index contributed by atoms with van der Waals surface area (Å²) >= 11 is 1.63. The Labute approximate surface area is 161 Å². The second kappa shape index (κ2) is 6.96. The second-order valence-electron chi connectivity index (χ2n) is 6.35. The molecule has 5 nitrogen and oxygen atoms in total. The van der Waals surface area contributed by atoms with Crippen LogP contribution in [0.2, 0.25) is 0 Å². The van der Waals surface area contributed by atoms with Gasteiger partial charge in [-0.05, 0) is 35.4 Å². The molecule has 0 radical (unpaired) electrons. The molecule has 1 atom stereocenters. The molecule has 0 spiro atoms. The van der Waals surface area contributed by atoms with E-state index in [1.807, 2.05) is 30.3 Å². The van der Waals surface area contributed by atoms with E-state index >= 15 is 0 Å². The predicted molar refractivity (Wildman–Crippen MR) is 106 cm³/mol. The fourth-order valence-electron chi connectivity index (χ4n) is 3.39. The topological polar surface area (TPSA) is 67.8 Å². The van der Waals surface area contributed by atoms with Crippen LogP contribution in [0.25, 0.3) is 11.1 Å². The molecule has 0 fully saturated rings. The average Bonchev–Trinajstić information content (AvgIpc) is 3.11. The van der Waals surface area contributed by atoms with Crippen molar-refractivity contribution < 1.29 is 19.4 Å². The highest BCUT2D eigenvalue weighted by molar-refractivity contribution is 7.11. The maximum absolute atomic E-state index is 12.4. The maximum Gasteiger partial charge on any atom is 0.225 e. The number of carbonyl (C=O) groups is 1. The maximum atomic E-state index is 12.4. The van der Waals surface area contributed by atoms with Crippen molar-refractivity contribution in [2.45, 2.75) is 12.3 Å². The molecule has 0 aliphatic carbocycles. The minimum absolute atomic E-state index is 0.0206. The number of aromatic hydroxyl groups is 1. The summed E-state index contributed by atoms with van der Waals surface area (Å²) in [6.07, 6.45) is 0.365. The molecule has 138 valence electrons. The van der Waals surface area contributed by atoms with Crippen LogP contribution in [-0.4, -0.2) is 25.2 Å². The van der Waals surface area contributed by atoms with Crippen molar-refractivity contribution in [3.05, 3.63) is 58.3 Å².